The van der Waals surface area contributed by atoms with Crippen LogP contribution in [0, 0.1) is 12.3 Å². The van der Waals surface area contributed by atoms with Crippen molar-refractivity contribution >= 4 is 10.9 Å². The van der Waals surface area contributed by atoms with Crippen LogP contribution in [0.25, 0.3) is 10.9 Å². The van der Waals surface area contributed by atoms with E-state index < -0.39 is 0 Å². The maximum atomic E-state index is 5.31. The zero-order valence-corrected chi connectivity index (χ0v) is 8.75. The lowest BCUT2D eigenvalue weighted by Crippen LogP contribution is -2.23. The second kappa shape index (κ2) is 4.20. The molecule has 1 aromatic heterocycles. The topological polar surface area (TPSA) is 27.8 Å². The summed E-state index contributed by atoms with van der Waals surface area (Å²) in [6.45, 7) is 2.78. The van der Waals surface area contributed by atoms with Crippen LogP contribution >= 0.6 is 0 Å². The lowest BCUT2D eigenvalue weighted by Gasteiger charge is -2.08. The molecule has 0 spiro atoms. The third kappa shape index (κ3) is 2.03. The molecule has 2 N–H and O–H groups in total. The monoisotopic (exact) mass is 198 g/mol. The Hall–Kier alpha value is -1.72. The van der Waals surface area contributed by atoms with Crippen LogP contribution in [0.5, 0.6) is 0 Å². The predicted octanol–water partition coefficient (Wildman–Crippen LogP) is 2.28. The Kier molecular flexibility index (Phi) is 2.75. The molecule has 0 aliphatic rings. The van der Waals surface area contributed by atoms with Crippen LogP contribution in [-0.2, 0) is 6.54 Å². The van der Waals surface area contributed by atoms with Crippen LogP contribution in [0.3, 0.4) is 0 Å². The molecule has 1 heterocycles. The van der Waals surface area contributed by atoms with E-state index in [1.54, 1.807) is 0 Å². The van der Waals surface area contributed by atoms with Gasteiger partial charge in [-0.25, -0.2) is 0 Å². The number of benzene rings is 1. The first-order chi connectivity index (χ1) is 7.31. The first-order valence-corrected chi connectivity index (χ1v) is 5.06. The summed E-state index contributed by atoms with van der Waals surface area (Å²) in [6, 6.07) is 8.45. The number of para-hydroxylation sites is 1. The van der Waals surface area contributed by atoms with Crippen molar-refractivity contribution < 1.29 is 0 Å². The summed E-state index contributed by atoms with van der Waals surface area (Å²) >= 11 is 0. The van der Waals surface area contributed by atoms with Crippen molar-refractivity contribution in [3.05, 3.63) is 36.0 Å². The fraction of sp³-hybridized carbons (Fsp3) is 0.231. The van der Waals surface area contributed by atoms with Gasteiger partial charge < -0.3 is 4.98 Å². The van der Waals surface area contributed by atoms with E-state index in [0.717, 1.165) is 6.54 Å². The number of terminal acetylenes is 1. The van der Waals surface area contributed by atoms with Crippen molar-refractivity contribution in [3.63, 3.8) is 0 Å². The van der Waals surface area contributed by atoms with Gasteiger partial charge in [-0.15, -0.1) is 6.42 Å². The second-order valence-corrected chi connectivity index (χ2v) is 3.63. The molecule has 0 saturated heterocycles. The summed E-state index contributed by atoms with van der Waals surface area (Å²) in [5.41, 5.74) is 2.44. The number of H-pyrrole nitrogens is 1. The van der Waals surface area contributed by atoms with Gasteiger partial charge in [0.2, 0.25) is 0 Å². The van der Waals surface area contributed by atoms with Crippen molar-refractivity contribution in [2.45, 2.75) is 19.5 Å². The minimum absolute atomic E-state index is 0.107. The van der Waals surface area contributed by atoms with E-state index >= 15 is 0 Å². The average Bonchev–Trinajstić information content (AvgIpc) is 2.74. The number of hydrogen-bond donors (Lipinski definition) is 2. The number of fused-ring (bicyclic) bond motifs is 1. The van der Waals surface area contributed by atoms with E-state index in [4.69, 9.17) is 6.42 Å². The fourth-order valence-electron chi connectivity index (χ4n) is 1.62. The number of aromatic nitrogens is 1. The van der Waals surface area contributed by atoms with Crippen molar-refractivity contribution in [3.8, 4) is 12.3 Å². The molecule has 76 valence electrons. The Morgan fingerprint density at radius 1 is 1.47 bits per heavy atom. The number of hydrogen-bond acceptors (Lipinski definition) is 1. The van der Waals surface area contributed by atoms with E-state index in [-0.39, 0.29) is 6.04 Å². The van der Waals surface area contributed by atoms with Crippen LogP contribution in [-0.4, -0.2) is 11.0 Å². The standard InChI is InChI=1S/C13H14N2/c1-3-10(2)15-9-12-6-4-5-11-7-8-14-13(11)12/h1,4-8,10,14-15H,9H2,2H3. The van der Waals surface area contributed by atoms with Crippen molar-refractivity contribution in [1.29, 1.82) is 0 Å². The van der Waals surface area contributed by atoms with Gasteiger partial charge in [0.05, 0.1) is 6.04 Å². The van der Waals surface area contributed by atoms with E-state index in [9.17, 15) is 0 Å². The maximum absolute atomic E-state index is 5.31. The van der Waals surface area contributed by atoms with Crippen LogP contribution < -0.4 is 5.32 Å². The molecule has 0 fully saturated rings. The third-order valence-corrected chi connectivity index (χ3v) is 2.52. The quantitative estimate of drug-likeness (QED) is 0.727. The highest BCUT2D eigenvalue weighted by molar-refractivity contribution is 5.82. The lowest BCUT2D eigenvalue weighted by atomic mass is 10.1. The molecular weight excluding hydrogens is 184 g/mol. The van der Waals surface area contributed by atoms with Crippen molar-refractivity contribution in [1.82, 2.24) is 10.3 Å². The molecule has 2 aromatic rings. The van der Waals surface area contributed by atoms with Crippen LogP contribution in [0.15, 0.2) is 30.5 Å². The summed E-state index contributed by atoms with van der Waals surface area (Å²) < 4.78 is 0. The van der Waals surface area contributed by atoms with E-state index in [0.29, 0.717) is 0 Å². The Morgan fingerprint density at radius 3 is 3.13 bits per heavy atom. The molecule has 0 saturated carbocycles. The first kappa shape index (κ1) is 9.82. The minimum atomic E-state index is 0.107. The highest BCUT2D eigenvalue weighted by atomic mass is 14.9. The minimum Gasteiger partial charge on any atom is -0.361 e. The molecule has 1 aromatic carbocycles. The third-order valence-electron chi connectivity index (χ3n) is 2.52. The van der Waals surface area contributed by atoms with Gasteiger partial charge in [-0.05, 0) is 23.9 Å². The van der Waals surface area contributed by atoms with Gasteiger partial charge in [0.15, 0.2) is 0 Å². The Morgan fingerprint density at radius 2 is 2.33 bits per heavy atom. The summed E-state index contributed by atoms with van der Waals surface area (Å²) in [5.74, 6) is 2.66. The predicted molar refractivity (Wildman–Crippen MR) is 63.4 cm³/mol. The van der Waals surface area contributed by atoms with E-state index in [1.165, 1.54) is 16.5 Å². The molecule has 0 amide bonds. The molecule has 0 aliphatic carbocycles. The summed E-state index contributed by atoms with van der Waals surface area (Å²) in [4.78, 5) is 3.24. The van der Waals surface area contributed by atoms with Gasteiger partial charge in [0, 0.05) is 18.3 Å². The maximum Gasteiger partial charge on any atom is 0.0660 e. The second-order valence-electron chi connectivity index (χ2n) is 3.63. The largest absolute Gasteiger partial charge is 0.361 e. The van der Waals surface area contributed by atoms with Gasteiger partial charge in [-0.3, -0.25) is 5.32 Å². The van der Waals surface area contributed by atoms with Gasteiger partial charge in [-0.2, -0.15) is 0 Å². The van der Waals surface area contributed by atoms with Gasteiger partial charge in [0.1, 0.15) is 0 Å². The molecule has 0 bridgehead atoms. The first-order valence-electron chi connectivity index (χ1n) is 5.06. The Bertz CT molecular complexity index is 490. The number of rotatable bonds is 3. The molecule has 0 radical (unpaired) electrons. The molecule has 1 atom stereocenters. The van der Waals surface area contributed by atoms with Gasteiger partial charge in [0.25, 0.3) is 0 Å². The average molecular weight is 198 g/mol. The van der Waals surface area contributed by atoms with Crippen LogP contribution in [0.1, 0.15) is 12.5 Å². The highest BCUT2D eigenvalue weighted by Crippen LogP contribution is 2.16. The highest BCUT2D eigenvalue weighted by Gasteiger charge is 2.02. The molecule has 0 aliphatic heterocycles. The number of nitrogens with one attached hydrogen (secondary N) is 2. The summed E-state index contributed by atoms with van der Waals surface area (Å²) in [5, 5.41) is 4.51. The van der Waals surface area contributed by atoms with Gasteiger partial charge >= 0.3 is 0 Å². The van der Waals surface area contributed by atoms with E-state index in [1.807, 2.05) is 13.1 Å². The molecule has 2 rings (SSSR count). The summed E-state index contributed by atoms with van der Waals surface area (Å²) in [6.07, 6.45) is 7.27. The normalized spacial score (nSPS) is 12.5. The van der Waals surface area contributed by atoms with Gasteiger partial charge in [-0.1, -0.05) is 24.1 Å². The van der Waals surface area contributed by atoms with E-state index in [2.05, 4.69) is 40.5 Å². The molecule has 2 heteroatoms. The van der Waals surface area contributed by atoms with Crippen LogP contribution in [0.4, 0.5) is 0 Å². The molecule has 1 unspecified atom stereocenters. The fourth-order valence-corrected chi connectivity index (χ4v) is 1.62. The zero-order valence-electron chi connectivity index (χ0n) is 8.75. The summed E-state index contributed by atoms with van der Waals surface area (Å²) in [7, 11) is 0. The zero-order chi connectivity index (χ0) is 10.7. The van der Waals surface area contributed by atoms with Crippen molar-refractivity contribution in [2.24, 2.45) is 0 Å². The van der Waals surface area contributed by atoms with Crippen molar-refractivity contribution in [2.75, 3.05) is 0 Å². The number of aromatic amines is 1. The van der Waals surface area contributed by atoms with Crippen LogP contribution in [0.2, 0.25) is 0 Å². The lowest BCUT2D eigenvalue weighted by molar-refractivity contribution is 0.650. The molecule has 15 heavy (non-hydrogen) atoms. The SMILES string of the molecule is C#CC(C)NCc1cccc2cc[nH]c12. The Labute approximate surface area is 89.7 Å². The molecular formula is C13H14N2. The smallest absolute Gasteiger partial charge is 0.0660 e. The Balaban J connectivity index is 2.21. The molecule has 2 nitrogen and oxygen atoms in total.